The van der Waals surface area contributed by atoms with Gasteiger partial charge < -0.3 is 20.5 Å². The molecule has 0 saturated carbocycles. The lowest BCUT2D eigenvalue weighted by Gasteiger charge is -2.33. The van der Waals surface area contributed by atoms with Crippen LogP contribution in [0.25, 0.3) is 0 Å². The lowest BCUT2D eigenvalue weighted by Crippen LogP contribution is -2.38. The number of aliphatic hydroxyl groups excluding tert-OH is 1. The summed E-state index contributed by atoms with van der Waals surface area (Å²) in [5.41, 5.74) is 7.29. The van der Waals surface area contributed by atoms with Gasteiger partial charge in [-0.05, 0) is 31.4 Å². The fraction of sp³-hybridized carbons (Fsp3) is 0.667. The zero-order valence-corrected chi connectivity index (χ0v) is 11.7. The van der Waals surface area contributed by atoms with Gasteiger partial charge in [-0.1, -0.05) is 0 Å². The molecule has 0 bridgehead atoms. The van der Waals surface area contributed by atoms with Crippen molar-refractivity contribution >= 4 is 23.1 Å². The van der Waals surface area contributed by atoms with Crippen LogP contribution in [0.15, 0.2) is 0 Å². The van der Waals surface area contributed by atoms with E-state index in [1.807, 2.05) is 6.92 Å². The Hall–Kier alpha value is -1.11. The molecule has 0 radical (unpaired) electrons. The Morgan fingerprint density at radius 1 is 1.42 bits per heavy atom. The first-order chi connectivity index (χ1) is 9.11. The number of aryl methyl sites for hydroxylation is 1. The van der Waals surface area contributed by atoms with Crippen molar-refractivity contribution in [3.8, 4) is 0 Å². The number of nitrogens with zero attached hydrogens (tertiary/aromatic N) is 3. The van der Waals surface area contributed by atoms with E-state index in [0.717, 1.165) is 25.9 Å². The smallest absolute Gasteiger partial charge is 0.224 e. The molecule has 0 aromatic carbocycles. The van der Waals surface area contributed by atoms with Crippen LogP contribution in [0.2, 0.25) is 5.28 Å². The van der Waals surface area contributed by atoms with Crippen molar-refractivity contribution in [1.82, 2.24) is 9.97 Å². The van der Waals surface area contributed by atoms with Gasteiger partial charge in [0.2, 0.25) is 5.28 Å². The number of piperidine rings is 1. The minimum absolute atomic E-state index is 0.0634. The molecule has 0 atom stereocenters. The quantitative estimate of drug-likeness (QED) is 0.803. The number of ether oxygens (including phenoxy) is 1. The Morgan fingerprint density at radius 3 is 2.74 bits per heavy atom. The maximum absolute atomic E-state index is 8.74. The number of aromatic nitrogens is 2. The van der Waals surface area contributed by atoms with E-state index in [2.05, 4.69) is 14.9 Å². The maximum atomic E-state index is 8.74. The summed E-state index contributed by atoms with van der Waals surface area (Å²) in [7, 11) is 0. The molecular formula is C12H19ClN4O2. The largest absolute Gasteiger partial charge is 0.394 e. The van der Waals surface area contributed by atoms with Gasteiger partial charge in [0.25, 0.3) is 0 Å². The predicted octanol–water partition coefficient (Wildman–Crippen LogP) is 0.998. The van der Waals surface area contributed by atoms with E-state index in [4.69, 9.17) is 27.2 Å². The summed E-state index contributed by atoms with van der Waals surface area (Å²) in [4.78, 5) is 10.4. The number of anilines is 2. The molecule has 6 nitrogen and oxygen atoms in total. The molecule has 7 heteroatoms. The average molecular weight is 287 g/mol. The van der Waals surface area contributed by atoms with Gasteiger partial charge in [0.05, 0.1) is 30.7 Å². The van der Waals surface area contributed by atoms with Gasteiger partial charge in [0, 0.05) is 13.1 Å². The van der Waals surface area contributed by atoms with Gasteiger partial charge in [-0.2, -0.15) is 4.98 Å². The van der Waals surface area contributed by atoms with E-state index >= 15 is 0 Å². The number of hydrogen-bond acceptors (Lipinski definition) is 6. The number of nitrogens with two attached hydrogens (primary N) is 1. The molecule has 1 saturated heterocycles. The third-order valence-corrected chi connectivity index (χ3v) is 3.44. The summed E-state index contributed by atoms with van der Waals surface area (Å²) in [5, 5.41) is 8.96. The SMILES string of the molecule is Cc1nc(Cl)nc(N2CCC(OCCO)CC2)c1N. The van der Waals surface area contributed by atoms with Crippen LogP contribution >= 0.6 is 11.6 Å². The van der Waals surface area contributed by atoms with Gasteiger partial charge >= 0.3 is 0 Å². The molecule has 2 heterocycles. The van der Waals surface area contributed by atoms with Crippen molar-refractivity contribution in [3.63, 3.8) is 0 Å². The Labute approximate surface area is 117 Å². The molecular weight excluding hydrogens is 268 g/mol. The summed E-state index contributed by atoms with van der Waals surface area (Å²) in [6.07, 6.45) is 1.98. The highest BCUT2D eigenvalue weighted by molar-refractivity contribution is 6.28. The van der Waals surface area contributed by atoms with Gasteiger partial charge in [0.1, 0.15) is 0 Å². The Morgan fingerprint density at radius 2 is 2.11 bits per heavy atom. The molecule has 1 aliphatic rings. The summed E-state index contributed by atoms with van der Waals surface area (Å²) in [5.74, 6) is 0.707. The van der Waals surface area contributed by atoms with Crippen LogP contribution < -0.4 is 10.6 Å². The fourth-order valence-corrected chi connectivity index (χ4v) is 2.43. The van der Waals surface area contributed by atoms with Gasteiger partial charge in [-0.25, -0.2) is 4.98 Å². The lowest BCUT2D eigenvalue weighted by molar-refractivity contribution is 0.0158. The molecule has 1 aromatic heterocycles. The maximum Gasteiger partial charge on any atom is 0.224 e. The second kappa shape index (κ2) is 6.36. The number of nitrogen functional groups attached to an aromatic ring is 1. The fourth-order valence-electron chi connectivity index (χ4n) is 2.23. The van der Waals surface area contributed by atoms with Crippen molar-refractivity contribution in [1.29, 1.82) is 0 Å². The number of rotatable bonds is 4. The van der Waals surface area contributed by atoms with Crippen LogP contribution in [0.3, 0.4) is 0 Å². The van der Waals surface area contributed by atoms with Crippen molar-refractivity contribution in [2.75, 3.05) is 36.9 Å². The first kappa shape index (κ1) is 14.3. The molecule has 19 heavy (non-hydrogen) atoms. The second-order valence-corrected chi connectivity index (χ2v) is 4.93. The van der Waals surface area contributed by atoms with E-state index in [0.29, 0.717) is 23.8 Å². The van der Waals surface area contributed by atoms with E-state index in [-0.39, 0.29) is 18.0 Å². The van der Waals surface area contributed by atoms with Crippen molar-refractivity contribution < 1.29 is 9.84 Å². The molecule has 0 amide bonds. The summed E-state index contributed by atoms with van der Waals surface area (Å²) >= 11 is 5.88. The van der Waals surface area contributed by atoms with E-state index in [1.165, 1.54) is 0 Å². The van der Waals surface area contributed by atoms with Crippen LogP contribution in [0.5, 0.6) is 0 Å². The van der Waals surface area contributed by atoms with Gasteiger partial charge in [-0.15, -0.1) is 0 Å². The topological polar surface area (TPSA) is 84.5 Å². The second-order valence-electron chi connectivity index (χ2n) is 4.60. The molecule has 0 unspecified atom stereocenters. The van der Waals surface area contributed by atoms with E-state index in [1.54, 1.807) is 0 Å². The van der Waals surface area contributed by atoms with Crippen LogP contribution in [0, 0.1) is 6.92 Å². The zero-order chi connectivity index (χ0) is 13.8. The van der Waals surface area contributed by atoms with Crippen molar-refractivity contribution in [2.45, 2.75) is 25.9 Å². The molecule has 1 aliphatic heterocycles. The highest BCUT2D eigenvalue weighted by Crippen LogP contribution is 2.27. The van der Waals surface area contributed by atoms with Crippen molar-refractivity contribution in [2.24, 2.45) is 0 Å². The third-order valence-electron chi connectivity index (χ3n) is 3.28. The van der Waals surface area contributed by atoms with Gasteiger partial charge in [0.15, 0.2) is 5.82 Å². The standard InChI is InChI=1S/C12H19ClN4O2/c1-8-10(14)11(16-12(13)15-8)17-4-2-9(3-5-17)19-7-6-18/h9,18H,2-7,14H2,1H3. The Kier molecular flexibility index (Phi) is 4.79. The molecule has 0 spiro atoms. The van der Waals surface area contributed by atoms with Crippen molar-refractivity contribution in [3.05, 3.63) is 11.0 Å². The minimum atomic E-state index is 0.0634. The van der Waals surface area contributed by atoms with Crippen LogP contribution in [0.1, 0.15) is 18.5 Å². The van der Waals surface area contributed by atoms with Gasteiger partial charge in [-0.3, -0.25) is 0 Å². The average Bonchev–Trinajstić information content (AvgIpc) is 2.41. The lowest BCUT2D eigenvalue weighted by atomic mass is 10.1. The first-order valence-electron chi connectivity index (χ1n) is 6.39. The number of hydrogen-bond donors (Lipinski definition) is 2. The Bertz CT molecular complexity index is 436. The zero-order valence-electron chi connectivity index (χ0n) is 11.0. The first-order valence-corrected chi connectivity index (χ1v) is 6.76. The summed E-state index contributed by atoms with van der Waals surface area (Å²) in [6.45, 7) is 3.91. The normalized spacial score (nSPS) is 16.9. The molecule has 106 valence electrons. The van der Waals surface area contributed by atoms with E-state index in [9.17, 15) is 0 Å². The molecule has 2 rings (SSSR count). The molecule has 3 N–H and O–H groups in total. The van der Waals surface area contributed by atoms with Crippen LogP contribution in [-0.4, -0.2) is 47.5 Å². The number of aliphatic hydroxyl groups is 1. The molecule has 1 aromatic rings. The molecule has 1 fully saturated rings. The Balaban J connectivity index is 2.01. The summed E-state index contributed by atoms with van der Waals surface area (Å²) in [6, 6.07) is 0. The van der Waals surface area contributed by atoms with E-state index < -0.39 is 0 Å². The van der Waals surface area contributed by atoms with Crippen LogP contribution in [-0.2, 0) is 4.74 Å². The highest BCUT2D eigenvalue weighted by Gasteiger charge is 2.23. The highest BCUT2D eigenvalue weighted by atomic mass is 35.5. The predicted molar refractivity (Wildman–Crippen MR) is 74.5 cm³/mol. The molecule has 0 aliphatic carbocycles. The number of halogens is 1. The van der Waals surface area contributed by atoms with Crippen LogP contribution in [0.4, 0.5) is 11.5 Å². The third kappa shape index (κ3) is 3.46. The minimum Gasteiger partial charge on any atom is -0.394 e. The monoisotopic (exact) mass is 286 g/mol. The summed E-state index contributed by atoms with van der Waals surface area (Å²) < 4.78 is 5.53.